The van der Waals surface area contributed by atoms with Crippen molar-refractivity contribution in [3.63, 3.8) is 0 Å². The number of phenolic OH excluding ortho intramolecular Hbond substituents is 1. The molecule has 0 unspecified atom stereocenters. The van der Waals surface area contributed by atoms with Gasteiger partial charge in [0.2, 0.25) is 0 Å². The van der Waals surface area contributed by atoms with E-state index < -0.39 is 47.8 Å². The normalized spacial score (nSPS) is 9.13. The molecule has 0 aromatic heterocycles. The Bertz CT molecular complexity index is 2440. The van der Waals surface area contributed by atoms with Gasteiger partial charge in [0.1, 0.15) is 45.3 Å². The summed E-state index contributed by atoms with van der Waals surface area (Å²) in [5, 5.41) is 94.2. The molecule has 0 aliphatic rings. The molecular formula is C49H48O20. The number of aliphatic carboxylic acids is 1. The van der Waals surface area contributed by atoms with E-state index in [0.717, 1.165) is 19.8 Å². The Labute approximate surface area is 393 Å². The highest BCUT2D eigenvalue weighted by molar-refractivity contribution is 6.01. The summed E-state index contributed by atoms with van der Waals surface area (Å²) in [4.78, 5) is 82.3. The Balaban J connectivity index is 0.000000795. The molecule has 0 spiro atoms. The van der Waals surface area contributed by atoms with Crippen LogP contribution in [0.3, 0.4) is 0 Å². The van der Waals surface area contributed by atoms with Gasteiger partial charge in [-0.15, -0.1) is 0 Å². The van der Waals surface area contributed by atoms with Crippen LogP contribution in [0.2, 0.25) is 0 Å². The molecule has 0 bridgehead atoms. The summed E-state index contributed by atoms with van der Waals surface area (Å²) in [6, 6.07) is 37.6. The molecule has 20 heteroatoms. The van der Waals surface area contributed by atoms with Crippen molar-refractivity contribution in [2.45, 2.75) is 26.7 Å². The van der Waals surface area contributed by atoms with Crippen molar-refractivity contribution in [3.8, 4) is 23.0 Å². The number of carbonyl (C=O) groups excluding carboxylic acids is 1. The number of carboxylic acid groups (broad SMARTS) is 7. The maximum absolute atomic E-state index is 11.4. The van der Waals surface area contributed by atoms with E-state index in [-0.39, 0.29) is 56.4 Å². The van der Waals surface area contributed by atoms with E-state index in [4.69, 9.17) is 60.6 Å². The smallest absolute Gasteiger partial charge is 0.341 e. The molecule has 364 valence electrons. The molecule has 69 heavy (non-hydrogen) atoms. The summed E-state index contributed by atoms with van der Waals surface area (Å²) in [5.41, 5.74) is -0.0244. The second-order valence-electron chi connectivity index (χ2n) is 12.8. The highest BCUT2D eigenvalue weighted by Gasteiger charge is 2.14. The minimum absolute atomic E-state index is 0.0333. The number of aromatic hydroxyl groups is 4. The van der Waals surface area contributed by atoms with Gasteiger partial charge < -0.3 is 60.9 Å². The van der Waals surface area contributed by atoms with Crippen molar-refractivity contribution < 1.29 is 99.3 Å². The molecule has 20 nitrogen and oxygen atoms in total. The zero-order valence-electron chi connectivity index (χ0n) is 36.6. The summed E-state index contributed by atoms with van der Waals surface area (Å²) >= 11 is 0. The van der Waals surface area contributed by atoms with Crippen LogP contribution in [0, 0.1) is 0 Å². The van der Waals surface area contributed by atoms with Crippen LogP contribution in [-0.2, 0) is 9.53 Å². The standard InChI is InChI=1S/C11H14O3.C8H6O4.3C7H6O3.C7H6O2.C2H4O2/c1-2-3-8-14-11(13)9-6-4-5-7-10(9)12;9-7(10)5-3-1-2-4-6(5)8(11)12;3*8-6-4-2-1-3-5(6)7(9)10;8-7(9)6-4-2-1-3-5-6;1-2(3)4/h4-7,12H,2-3,8H2,1H3;1-4H,(H,9,10)(H,11,12);3*1-4,8H,(H,9,10);1-5H,(H,8,9);1H3,(H,3,4). The summed E-state index contributed by atoms with van der Waals surface area (Å²) in [7, 11) is 0. The van der Waals surface area contributed by atoms with E-state index in [1.807, 2.05) is 6.92 Å². The van der Waals surface area contributed by atoms with Crippen molar-refractivity contribution in [1.82, 2.24) is 0 Å². The van der Waals surface area contributed by atoms with E-state index >= 15 is 0 Å². The number of rotatable bonds is 10. The fourth-order valence-electron chi connectivity index (χ4n) is 4.43. The Morgan fingerprint density at radius 3 is 0.826 bits per heavy atom. The van der Waals surface area contributed by atoms with Crippen LogP contribution in [0.25, 0.3) is 0 Å². The second-order valence-corrected chi connectivity index (χ2v) is 12.8. The maximum atomic E-state index is 11.4. The third-order valence-corrected chi connectivity index (χ3v) is 7.67. The minimum atomic E-state index is -1.23. The van der Waals surface area contributed by atoms with Crippen molar-refractivity contribution in [1.29, 1.82) is 0 Å². The molecule has 0 aliphatic carbocycles. The lowest BCUT2D eigenvalue weighted by Gasteiger charge is -2.04. The average molecular weight is 957 g/mol. The number of para-hydroxylation sites is 4. The van der Waals surface area contributed by atoms with Crippen LogP contribution >= 0.6 is 0 Å². The van der Waals surface area contributed by atoms with E-state index in [1.165, 1.54) is 66.7 Å². The largest absolute Gasteiger partial charge is 0.507 e. The molecule has 0 radical (unpaired) electrons. The molecule has 6 aromatic rings. The zero-order valence-corrected chi connectivity index (χ0v) is 36.6. The number of carboxylic acids is 7. The van der Waals surface area contributed by atoms with E-state index in [9.17, 15) is 38.7 Å². The number of hydrogen-bond acceptors (Lipinski definition) is 13. The van der Waals surface area contributed by atoms with Gasteiger partial charge in [-0.2, -0.15) is 0 Å². The lowest BCUT2D eigenvalue weighted by molar-refractivity contribution is -0.134. The lowest BCUT2D eigenvalue weighted by Crippen LogP contribution is -2.06. The Hall–Kier alpha value is -9.72. The predicted octanol–water partition coefficient (Wildman–Crippen LogP) is 8.18. The van der Waals surface area contributed by atoms with Crippen LogP contribution < -0.4 is 0 Å². The van der Waals surface area contributed by atoms with Crippen LogP contribution in [0.1, 0.15) is 99.2 Å². The van der Waals surface area contributed by atoms with Crippen LogP contribution in [-0.4, -0.2) is 111 Å². The number of esters is 1. The van der Waals surface area contributed by atoms with Crippen LogP contribution in [0.4, 0.5) is 0 Å². The third-order valence-electron chi connectivity index (χ3n) is 7.67. The first-order chi connectivity index (χ1) is 32.6. The average Bonchev–Trinajstić information content (AvgIpc) is 3.30. The van der Waals surface area contributed by atoms with Gasteiger partial charge >= 0.3 is 41.8 Å². The Morgan fingerprint density at radius 1 is 0.362 bits per heavy atom. The number of benzene rings is 6. The van der Waals surface area contributed by atoms with E-state index in [1.54, 1.807) is 84.9 Å². The van der Waals surface area contributed by atoms with Crippen molar-refractivity contribution in [2.75, 3.05) is 6.61 Å². The first-order valence-electron chi connectivity index (χ1n) is 19.6. The van der Waals surface area contributed by atoms with Gasteiger partial charge in [-0.25, -0.2) is 33.6 Å². The Morgan fingerprint density at radius 2 is 0.609 bits per heavy atom. The first kappa shape index (κ1) is 59.3. The highest BCUT2D eigenvalue weighted by atomic mass is 16.5. The molecule has 0 heterocycles. The zero-order chi connectivity index (χ0) is 52.5. The molecule has 0 aliphatic heterocycles. The maximum Gasteiger partial charge on any atom is 0.341 e. The van der Waals surface area contributed by atoms with Gasteiger partial charge in [-0.3, -0.25) is 4.79 Å². The van der Waals surface area contributed by atoms with E-state index in [2.05, 4.69) is 0 Å². The minimum Gasteiger partial charge on any atom is -0.507 e. The Kier molecular flexibility index (Phi) is 28.2. The molecule has 6 aromatic carbocycles. The van der Waals surface area contributed by atoms with Crippen LogP contribution in [0.5, 0.6) is 23.0 Å². The number of unbranched alkanes of at least 4 members (excludes halogenated alkanes) is 1. The number of aromatic carboxylic acids is 6. The highest BCUT2D eigenvalue weighted by Crippen LogP contribution is 2.18. The molecule has 0 amide bonds. The molecule has 0 atom stereocenters. The van der Waals surface area contributed by atoms with Crippen molar-refractivity contribution >= 4 is 47.8 Å². The van der Waals surface area contributed by atoms with Gasteiger partial charge in [-0.05, 0) is 79.2 Å². The predicted molar refractivity (Wildman–Crippen MR) is 246 cm³/mol. The van der Waals surface area contributed by atoms with Gasteiger partial charge in [0.05, 0.1) is 23.3 Å². The summed E-state index contributed by atoms with van der Waals surface area (Å²) in [5.74, 6) is -8.60. The number of hydrogen-bond donors (Lipinski definition) is 11. The van der Waals surface area contributed by atoms with Crippen molar-refractivity contribution in [3.05, 3.63) is 191 Å². The molecule has 0 fully saturated rings. The summed E-state index contributed by atoms with van der Waals surface area (Å²) in [6.45, 7) is 3.51. The topological polar surface area (TPSA) is 368 Å². The fourth-order valence-corrected chi connectivity index (χ4v) is 4.43. The molecule has 11 N–H and O–H groups in total. The monoisotopic (exact) mass is 956 g/mol. The van der Waals surface area contributed by atoms with Gasteiger partial charge in [-0.1, -0.05) is 92.2 Å². The van der Waals surface area contributed by atoms with Crippen LogP contribution in [0.15, 0.2) is 152 Å². The molecular weight excluding hydrogens is 909 g/mol. The lowest BCUT2D eigenvalue weighted by atomic mass is 10.1. The summed E-state index contributed by atoms with van der Waals surface area (Å²) in [6.07, 6.45) is 1.83. The summed E-state index contributed by atoms with van der Waals surface area (Å²) < 4.78 is 4.95. The molecule has 0 saturated heterocycles. The van der Waals surface area contributed by atoms with Gasteiger partial charge in [0.15, 0.2) is 0 Å². The van der Waals surface area contributed by atoms with Gasteiger partial charge in [0, 0.05) is 6.92 Å². The number of carbonyl (C=O) groups is 8. The molecule has 6 rings (SSSR count). The molecule has 0 saturated carbocycles. The second kappa shape index (κ2) is 32.9. The first-order valence-corrected chi connectivity index (χ1v) is 19.6. The SMILES string of the molecule is CC(=O)O.CCCCOC(=O)c1ccccc1O.O=C(O)c1ccccc1.O=C(O)c1ccccc1C(=O)O.O=C(O)c1ccccc1O.O=C(O)c1ccccc1O.O=C(O)c1ccccc1O. The number of phenols is 4. The third kappa shape index (κ3) is 24.8. The fraction of sp³-hybridized carbons (Fsp3) is 0.102. The van der Waals surface area contributed by atoms with Crippen molar-refractivity contribution in [2.24, 2.45) is 0 Å². The van der Waals surface area contributed by atoms with E-state index in [0.29, 0.717) is 12.2 Å². The van der Waals surface area contributed by atoms with Gasteiger partial charge in [0.25, 0.3) is 5.97 Å². The quantitative estimate of drug-likeness (QED) is 0.0455. The number of ether oxygens (including phenoxy) is 1.